The average Bonchev–Trinajstić information content (AvgIpc) is 2.39. The third-order valence-electron chi connectivity index (χ3n) is 3.61. The number of aromatic nitrogens is 1. The second-order valence-corrected chi connectivity index (χ2v) is 5.13. The molecule has 0 aromatic carbocycles. The van der Waals surface area contributed by atoms with Gasteiger partial charge in [-0.1, -0.05) is 20.3 Å². The van der Waals surface area contributed by atoms with Gasteiger partial charge in [0.2, 0.25) is 0 Å². The van der Waals surface area contributed by atoms with Crippen molar-refractivity contribution in [3.8, 4) is 5.75 Å². The second-order valence-electron chi connectivity index (χ2n) is 5.13. The van der Waals surface area contributed by atoms with Crippen LogP contribution in [0.4, 0.5) is 0 Å². The zero-order valence-corrected chi connectivity index (χ0v) is 13.0. The maximum Gasteiger partial charge on any atom is 0.128 e. The van der Waals surface area contributed by atoms with Crippen LogP contribution < -0.4 is 10.1 Å². The lowest BCUT2D eigenvalue weighted by atomic mass is 10.0. The first-order valence-corrected chi connectivity index (χ1v) is 7.36. The largest absolute Gasteiger partial charge is 0.496 e. The molecule has 0 bridgehead atoms. The molecule has 1 N–H and O–H groups in total. The van der Waals surface area contributed by atoms with Gasteiger partial charge in [0, 0.05) is 29.1 Å². The third-order valence-corrected chi connectivity index (χ3v) is 3.61. The Morgan fingerprint density at radius 1 is 1.26 bits per heavy atom. The zero-order chi connectivity index (χ0) is 14.3. The van der Waals surface area contributed by atoms with E-state index in [0.717, 1.165) is 30.7 Å². The molecule has 0 aliphatic carbocycles. The predicted molar refractivity (Wildman–Crippen MR) is 81.0 cm³/mol. The molecule has 0 spiro atoms. The molecule has 1 rings (SSSR count). The summed E-state index contributed by atoms with van der Waals surface area (Å²) in [5.41, 5.74) is 3.47. The summed E-state index contributed by atoms with van der Waals surface area (Å²) in [6.07, 6.45) is 6.53. The maximum atomic E-state index is 5.46. The number of ether oxygens (including phenoxy) is 1. The monoisotopic (exact) mass is 264 g/mol. The standard InChI is InChI=1S/C16H28N2O/c1-6-8-14(17-7-2)9-10-15-13(4)16(19-5)12(3)11-18-15/h11,14,17H,6-10H2,1-5H3. The smallest absolute Gasteiger partial charge is 0.128 e. The molecule has 0 radical (unpaired) electrons. The Balaban J connectivity index is 2.71. The first kappa shape index (κ1) is 16.0. The van der Waals surface area contributed by atoms with Gasteiger partial charge >= 0.3 is 0 Å². The van der Waals surface area contributed by atoms with Crippen molar-refractivity contribution in [3.63, 3.8) is 0 Å². The average molecular weight is 264 g/mol. The second kappa shape index (κ2) is 8.16. The van der Waals surface area contributed by atoms with Gasteiger partial charge < -0.3 is 10.1 Å². The van der Waals surface area contributed by atoms with Gasteiger partial charge in [-0.3, -0.25) is 4.98 Å². The molecule has 19 heavy (non-hydrogen) atoms. The first-order valence-electron chi connectivity index (χ1n) is 7.36. The molecule has 1 aromatic rings. The van der Waals surface area contributed by atoms with Crippen LogP contribution >= 0.6 is 0 Å². The van der Waals surface area contributed by atoms with Crippen molar-refractivity contribution < 1.29 is 4.74 Å². The molecule has 3 nitrogen and oxygen atoms in total. The Labute approximate surface area is 117 Å². The summed E-state index contributed by atoms with van der Waals surface area (Å²) in [6.45, 7) is 9.59. The highest BCUT2D eigenvalue weighted by Gasteiger charge is 2.12. The fraction of sp³-hybridized carbons (Fsp3) is 0.688. The zero-order valence-electron chi connectivity index (χ0n) is 13.0. The van der Waals surface area contributed by atoms with Gasteiger partial charge in [-0.05, 0) is 39.7 Å². The fourth-order valence-corrected chi connectivity index (χ4v) is 2.62. The molecule has 0 aliphatic rings. The van der Waals surface area contributed by atoms with E-state index >= 15 is 0 Å². The van der Waals surface area contributed by atoms with Crippen molar-refractivity contribution in [3.05, 3.63) is 23.0 Å². The molecule has 0 amide bonds. The van der Waals surface area contributed by atoms with E-state index in [1.54, 1.807) is 7.11 Å². The van der Waals surface area contributed by atoms with Crippen LogP contribution in [0.1, 0.15) is 49.9 Å². The van der Waals surface area contributed by atoms with E-state index in [4.69, 9.17) is 4.74 Å². The van der Waals surface area contributed by atoms with E-state index in [1.807, 2.05) is 13.1 Å². The minimum atomic E-state index is 0.600. The molecule has 0 saturated carbocycles. The number of nitrogens with zero attached hydrogens (tertiary/aromatic N) is 1. The van der Waals surface area contributed by atoms with Gasteiger partial charge in [0.1, 0.15) is 5.75 Å². The molecular formula is C16H28N2O. The van der Waals surface area contributed by atoms with Crippen molar-refractivity contribution in [1.82, 2.24) is 10.3 Å². The number of aryl methyl sites for hydroxylation is 2. The predicted octanol–water partition coefficient (Wildman–Crippen LogP) is 3.42. The molecule has 0 aliphatic heterocycles. The SMILES string of the molecule is CCCC(CCc1ncc(C)c(OC)c1C)NCC. The number of hydrogen-bond acceptors (Lipinski definition) is 3. The molecule has 0 fully saturated rings. The van der Waals surface area contributed by atoms with E-state index < -0.39 is 0 Å². The molecule has 1 heterocycles. The van der Waals surface area contributed by atoms with E-state index in [2.05, 4.69) is 31.1 Å². The normalized spacial score (nSPS) is 12.5. The van der Waals surface area contributed by atoms with Gasteiger partial charge in [0.05, 0.1) is 7.11 Å². The van der Waals surface area contributed by atoms with Gasteiger partial charge in [0.25, 0.3) is 0 Å². The molecule has 0 saturated heterocycles. The Morgan fingerprint density at radius 3 is 2.58 bits per heavy atom. The number of hydrogen-bond donors (Lipinski definition) is 1. The van der Waals surface area contributed by atoms with E-state index in [1.165, 1.54) is 24.1 Å². The third kappa shape index (κ3) is 4.50. The highest BCUT2D eigenvalue weighted by Crippen LogP contribution is 2.25. The van der Waals surface area contributed by atoms with Crippen molar-refractivity contribution in [2.75, 3.05) is 13.7 Å². The van der Waals surface area contributed by atoms with Gasteiger partial charge in [0.15, 0.2) is 0 Å². The molecule has 1 aromatic heterocycles. The van der Waals surface area contributed by atoms with Crippen LogP contribution in [0.15, 0.2) is 6.20 Å². The lowest BCUT2D eigenvalue weighted by molar-refractivity contribution is 0.405. The number of pyridine rings is 1. The van der Waals surface area contributed by atoms with Gasteiger partial charge in [-0.2, -0.15) is 0 Å². The number of rotatable bonds is 8. The number of nitrogens with one attached hydrogen (secondary N) is 1. The Morgan fingerprint density at radius 2 is 2.00 bits per heavy atom. The van der Waals surface area contributed by atoms with Gasteiger partial charge in [-0.25, -0.2) is 0 Å². The van der Waals surface area contributed by atoms with Crippen LogP contribution in [0.3, 0.4) is 0 Å². The summed E-state index contributed by atoms with van der Waals surface area (Å²) in [5, 5.41) is 3.55. The molecule has 1 unspecified atom stereocenters. The van der Waals surface area contributed by atoms with Gasteiger partial charge in [-0.15, -0.1) is 0 Å². The topological polar surface area (TPSA) is 34.1 Å². The molecular weight excluding hydrogens is 236 g/mol. The van der Waals surface area contributed by atoms with Crippen LogP contribution in [0.5, 0.6) is 5.75 Å². The van der Waals surface area contributed by atoms with Crippen molar-refractivity contribution in [2.24, 2.45) is 0 Å². The minimum absolute atomic E-state index is 0.600. The summed E-state index contributed by atoms with van der Waals surface area (Å²) in [7, 11) is 1.73. The van der Waals surface area contributed by atoms with Crippen LogP contribution in [0.2, 0.25) is 0 Å². The van der Waals surface area contributed by atoms with Crippen molar-refractivity contribution in [2.45, 2.75) is 59.4 Å². The lowest BCUT2D eigenvalue weighted by Crippen LogP contribution is -2.29. The highest BCUT2D eigenvalue weighted by atomic mass is 16.5. The lowest BCUT2D eigenvalue weighted by Gasteiger charge is -2.18. The van der Waals surface area contributed by atoms with Crippen molar-refractivity contribution >= 4 is 0 Å². The van der Waals surface area contributed by atoms with E-state index in [9.17, 15) is 0 Å². The van der Waals surface area contributed by atoms with Crippen LogP contribution in [0.25, 0.3) is 0 Å². The van der Waals surface area contributed by atoms with Crippen LogP contribution in [-0.4, -0.2) is 24.7 Å². The quantitative estimate of drug-likeness (QED) is 0.781. The summed E-state index contributed by atoms with van der Waals surface area (Å²) < 4.78 is 5.46. The molecule has 3 heteroatoms. The van der Waals surface area contributed by atoms with Crippen LogP contribution in [-0.2, 0) is 6.42 Å². The fourth-order valence-electron chi connectivity index (χ4n) is 2.62. The summed E-state index contributed by atoms with van der Waals surface area (Å²) in [5.74, 6) is 0.987. The Bertz CT molecular complexity index is 385. The Hall–Kier alpha value is -1.09. The Kier molecular flexibility index (Phi) is 6.85. The highest BCUT2D eigenvalue weighted by molar-refractivity contribution is 5.41. The molecule has 1 atom stereocenters. The summed E-state index contributed by atoms with van der Waals surface area (Å²) in [6, 6.07) is 0.600. The number of methoxy groups -OCH3 is 1. The summed E-state index contributed by atoms with van der Waals surface area (Å²) >= 11 is 0. The first-order chi connectivity index (χ1) is 9.13. The summed E-state index contributed by atoms with van der Waals surface area (Å²) in [4.78, 5) is 4.57. The van der Waals surface area contributed by atoms with Crippen molar-refractivity contribution in [1.29, 1.82) is 0 Å². The minimum Gasteiger partial charge on any atom is -0.496 e. The van der Waals surface area contributed by atoms with Crippen LogP contribution in [0, 0.1) is 13.8 Å². The molecule has 108 valence electrons. The van der Waals surface area contributed by atoms with E-state index in [0.29, 0.717) is 6.04 Å². The maximum absolute atomic E-state index is 5.46. The van der Waals surface area contributed by atoms with E-state index in [-0.39, 0.29) is 0 Å².